The first-order valence-corrected chi connectivity index (χ1v) is 6.21. The lowest BCUT2D eigenvalue weighted by molar-refractivity contribution is 0.0622. The molecule has 0 spiro atoms. The van der Waals surface area contributed by atoms with Crippen molar-refractivity contribution in [3.8, 4) is 0 Å². The predicted molar refractivity (Wildman–Crippen MR) is 65.2 cm³/mol. The van der Waals surface area contributed by atoms with E-state index < -0.39 is 11.6 Å². The van der Waals surface area contributed by atoms with E-state index >= 15 is 0 Å². The van der Waals surface area contributed by atoms with Gasteiger partial charge in [-0.1, -0.05) is 13.8 Å². The number of benzene rings is 1. The minimum atomic E-state index is -0.973. The van der Waals surface area contributed by atoms with Crippen LogP contribution in [0.5, 0.6) is 0 Å². The summed E-state index contributed by atoms with van der Waals surface area (Å²) in [5, 5.41) is 0. The van der Waals surface area contributed by atoms with Crippen molar-refractivity contribution in [2.75, 3.05) is 13.1 Å². The molecule has 18 heavy (non-hydrogen) atoms. The lowest BCUT2D eigenvalue weighted by atomic mass is 9.91. The summed E-state index contributed by atoms with van der Waals surface area (Å²) in [5.74, 6) is -1.22. The summed E-state index contributed by atoms with van der Waals surface area (Å²) in [6.45, 7) is 5.56. The summed E-state index contributed by atoms with van der Waals surface area (Å²) in [6, 6.07) is 3.31. The van der Waals surface area contributed by atoms with Crippen molar-refractivity contribution in [2.24, 2.45) is 11.8 Å². The minimum absolute atomic E-state index is 0.215. The third-order valence-electron chi connectivity index (χ3n) is 3.32. The van der Waals surface area contributed by atoms with Crippen LogP contribution in [0.1, 0.15) is 30.6 Å². The molecule has 4 heteroatoms. The SMILES string of the molecule is CC1CC(C)CN(C(=O)c2ccc(F)c(F)c2)C1. The van der Waals surface area contributed by atoms with Gasteiger partial charge in [-0.15, -0.1) is 0 Å². The molecule has 0 bridgehead atoms. The quantitative estimate of drug-likeness (QED) is 0.753. The highest BCUT2D eigenvalue weighted by Gasteiger charge is 2.26. The average molecular weight is 253 g/mol. The van der Waals surface area contributed by atoms with Crippen LogP contribution in [0.4, 0.5) is 8.78 Å². The molecule has 1 aromatic carbocycles. The molecule has 0 saturated carbocycles. The smallest absolute Gasteiger partial charge is 0.253 e. The highest BCUT2D eigenvalue weighted by molar-refractivity contribution is 5.94. The largest absolute Gasteiger partial charge is 0.338 e. The van der Waals surface area contributed by atoms with Gasteiger partial charge in [-0.3, -0.25) is 4.79 Å². The zero-order chi connectivity index (χ0) is 13.3. The number of hydrogen-bond acceptors (Lipinski definition) is 1. The molecular formula is C14H17F2NO. The molecule has 2 rings (SSSR count). The van der Waals surface area contributed by atoms with Gasteiger partial charge in [0.05, 0.1) is 0 Å². The van der Waals surface area contributed by atoms with Crippen molar-refractivity contribution in [3.05, 3.63) is 35.4 Å². The molecule has 1 heterocycles. The van der Waals surface area contributed by atoms with E-state index in [0.29, 0.717) is 24.9 Å². The van der Waals surface area contributed by atoms with Gasteiger partial charge in [-0.2, -0.15) is 0 Å². The first-order valence-electron chi connectivity index (χ1n) is 6.21. The number of carbonyl (C=O) groups is 1. The van der Waals surface area contributed by atoms with E-state index in [0.717, 1.165) is 18.6 Å². The number of halogens is 2. The Hall–Kier alpha value is -1.45. The monoisotopic (exact) mass is 253 g/mol. The molecular weight excluding hydrogens is 236 g/mol. The molecule has 0 radical (unpaired) electrons. The van der Waals surface area contributed by atoms with Crippen molar-refractivity contribution in [3.63, 3.8) is 0 Å². The van der Waals surface area contributed by atoms with Crippen molar-refractivity contribution < 1.29 is 13.6 Å². The molecule has 2 unspecified atom stereocenters. The van der Waals surface area contributed by atoms with Crippen LogP contribution in [-0.4, -0.2) is 23.9 Å². The van der Waals surface area contributed by atoms with Crippen LogP contribution < -0.4 is 0 Å². The van der Waals surface area contributed by atoms with Gasteiger partial charge in [0, 0.05) is 18.7 Å². The Morgan fingerprint density at radius 1 is 1.17 bits per heavy atom. The third-order valence-corrected chi connectivity index (χ3v) is 3.32. The molecule has 1 fully saturated rings. The highest BCUT2D eigenvalue weighted by atomic mass is 19.2. The van der Waals surface area contributed by atoms with Crippen molar-refractivity contribution in [2.45, 2.75) is 20.3 Å². The maximum absolute atomic E-state index is 13.1. The topological polar surface area (TPSA) is 20.3 Å². The Bertz CT molecular complexity index is 451. The average Bonchev–Trinajstić information content (AvgIpc) is 2.30. The summed E-state index contributed by atoms with van der Waals surface area (Å²) in [5.41, 5.74) is 0.218. The Balaban J connectivity index is 2.17. The van der Waals surface area contributed by atoms with Gasteiger partial charge < -0.3 is 4.90 Å². The second-order valence-electron chi connectivity index (χ2n) is 5.29. The van der Waals surface area contributed by atoms with Crippen LogP contribution in [0.2, 0.25) is 0 Å². The van der Waals surface area contributed by atoms with Gasteiger partial charge in [0.25, 0.3) is 5.91 Å². The first kappa shape index (κ1) is 13.0. The van der Waals surface area contributed by atoms with E-state index in [9.17, 15) is 13.6 Å². The molecule has 0 aliphatic carbocycles. The normalized spacial score (nSPS) is 24.1. The van der Waals surface area contributed by atoms with Crippen molar-refractivity contribution in [1.29, 1.82) is 0 Å². The fraction of sp³-hybridized carbons (Fsp3) is 0.500. The molecule has 2 nitrogen and oxygen atoms in total. The highest BCUT2D eigenvalue weighted by Crippen LogP contribution is 2.22. The van der Waals surface area contributed by atoms with Gasteiger partial charge in [0.1, 0.15) is 0 Å². The Kier molecular flexibility index (Phi) is 3.64. The van der Waals surface area contributed by atoms with E-state index in [1.807, 2.05) is 0 Å². The van der Waals surface area contributed by atoms with E-state index in [1.54, 1.807) is 4.90 Å². The van der Waals surface area contributed by atoms with E-state index in [1.165, 1.54) is 6.07 Å². The first-order chi connectivity index (χ1) is 8.47. The number of carbonyl (C=O) groups excluding carboxylic acids is 1. The van der Waals surface area contributed by atoms with Gasteiger partial charge >= 0.3 is 0 Å². The Morgan fingerprint density at radius 2 is 1.78 bits per heavy atom. The standard InChI is InChI=1S/C14H17F2NO/c1-9-5-10(2)8-17(7-9)14(18)11-3-4-12(15)13(16)6-11/h3-4,6,9-10H,5,7-8H2,1-2H3. The van der Waals surface area contributed by atoms with E-state index in [-0.39, 0.29) is 11.5 Å². The number of likely N-dealkylation sites (tertiary alicyclic amines) is 1. The molecule has 0 N–H and O–H groups in total. The maximum Gasteiger partial charge on any atom is 0.253 e. The molecule has 2 atom stereocenters. The predicted octanol–water partition coefficient (Wildman–Crippen LogP) is 3.08. The van der Waals surface area contributed by atoms with Gasteiger partial charge in [-0.05, 0) is 36.5 Å². The van der Waals surface area contributed by atoms with Gasteiger partial charge in [0.15, 0.2) is 11.6 Å². The van der Waals surface area contributed by atoms with Crippen LogP contribution in [0, 0.1) is 23.5 Å². The Labute approximate surface area is 106 Å². The van der Waals surface area contributed by atoms with Crippen LogP contribution in [-0.2, 0) is 0 Å². The van der Waals surface area contributed by atoms with Crippen LogP contribution in [0.15, 0.2) is 18.2 Å². The fourth-order valence-electron chi connectivity index (χ4n) is 2.64. The summed E-state index contributed by atoms with van der Waals surface area (Å²) in [6.07, 6.45) is 1.10. The molecule has 0 aromatic heterocycles. The molecule has 98 valence electrons. The molecule has 1 saturated heterocycles. The number of nitrogens with zero attached hydrogens (tertiary/aromatic N) is 1. The van der Waals surface area contributed by atoms with E-state index in [4.69, 9.17) is 0 Å². The number of amides is 1. The molecule has 1 amide bonds. The second kappa shape index (κ2) is 5.04. The maximum atomic E-state index is 13.1. The lowest BCUT2D eigenvalue weighted by Gasteiger charge is -2.35. The van der Waals surface area contributed by atoms with Crippen LogP contribution in [0.25, 0.3) is 0 Å². The molecule has 1 aliphatic rings. The van der Waals surface area contributed by atoms with Crippen LogP contribution >= 0.6 is 0 Å². The van der Waals surface area contributed by atoms with Gasteiger partial charge in [-0.25, -0.2) is 8.78 Å². The van der Waals surface area contributed by atoms with E-state index in [2.05, 4.69) is 13.8 Å². The van der Waals surface area contributed by atoms with Crippen molar-refractivity contribution >= 4 is 5.91 Å². The number of rotatable bonds is 1. The second-order valence-corrected chi connectivity index (χ2v) is 5.29. The fourth-order valence-corrected chi connectivity index (χ4v) is 2.64. The third kappa shape index (κ3) is 2.68. The molecule has 1 aromatic rings. The summed E-state index contributed by atoms with van der Waals surface area (Å²) < 4.78 is 25.9. The summed E-state index contributed by atoms with van der Waals surface area (Å²) in [7, 11) is 0. The van der Waals surface area contributed by atoms with Crippen LogP contribution in [0.3, 0.4) is 0 Å². The number of piperidine rings is 1. The zero-order valence-corrected chi connectivity index (χ0v) is 10.6. The number of hydrogen-bond donors (Lipinski definition) is 0. The van der Waals surface area contributed by atoms with Gasteiger partial charge in [0.2, 0.25) is 0 Å². The zero-order valence-electron chi connectivity index (χ0n) is 10.6. The van der Waals surface area contributed by atoms with Crippen molar-refractivity contribution in [1.82, 2.24) is 4.90 Å². The summed E-state index contributed by atoms with van der Waals surface area (Å²) in [4.78, 5) is 13.9. The minimum Gasteiger partial charge on any atom is -0.338 e. The Morgan fingerprint density at radius 3 is 2.33 bits per heavy atom. The lowest BCUT2D eigenvalue weighted by Crippen LogP contribution is -2.42. The summed E-state index contributed by atoms with van der Waals surface area (Å²) >= 11 is 0. The molecule has 1 aliphatic heterocycles.